The topological polar surface area (TPSA) is 80.0 Å². The number of halogens is 1. The molecule has 0 bridgehead atoms. The van der Waals surface area contributed by atoms with Crippen LogP contribution in [0.25, 0.3) is 22.0 Å². The first-order valence-corrected chi connectivity index (χ1v) is 10.2. The van der Waals surface area contributed by atoms with E-state index in [1.54, 1.807) is 29.1 Å². The van der Waals surface area contributed by atoms with E-state index < -0.39 is 6.10 Å². The van der Waals surface area contributed by atoms with Gasteiger partial charge in [-0.25, -0.2) is 9.37 Å². The fraction of sp³-hybridized carbons (Fsp3) is 0.208. The predicted molar refractivity (Wildman–Crippen MR) is 116 cm³/mol. The van der Waals surface area contributed by atoms with E-state index in [1.807, 2.05) is 24.4 Å². The number of carbonyl (C=O) groups is 1. The Morgan fingerprint density at radius 1 is 1.19 bits per heavy atom. The van der Waals surface area contributed by atoms with E-state index >= 15 is 0 Å². The number of pyridine rings is 1. The standard InChI is InChI=1S/C24H21FN4O2/c25-19-6-4-16(5-7-19)21-10-23(26-14-30)28-22-9-15(1-8-20(21)22)12-29-13-18(11-27-29)24(31)17-2-3-17/h1,4-11,13-14,17,24,31H,2-3,12H2,(H,26,28,30). The van der Waals surface area contributed by atoms with E-state index in [0.29, 0.717) is 30.2 Å². The van der Waals surface area contributed by atoms with Crippen LogP contribution in [0.4, 0.5) is 10.2 Å². The number of rotatable bonds is 7. The molecule has 0 saturated heterocycles. The molecule has 156 valence electrons. The molecule has 0 radical (unpaired) electrons. The van der Waals surface area contributed by atoms with Gasteiger partial charge in [-0.15, -0.1) is 0 Å². The third-order valence-corrected chi connectivity index (χ3v) is 5.64. The number of nitrogens with zero attached hydrogens (tertiary/aromatic N) is 3. The number of carbonyl (C=O) groups excluding carboxylic acids is 1. The van der Waals surface area contributed by atoms with Gasteiger partial charge in [0.25, 0.3) is 0 Å². The Bertz CT molecular complexity index is 1250. The van der Waals surface area contributed by atoms with Crippen LogP contribution >= 0.6 is 0 Å². The second-order valence-electron chi connectivity index (χ2n) is 7.93. The Morgan fingerprint density at radius 2 is 2.00 bits per heavy atom. The van der Waals surface area contributed by atoms with Gasteiger partial charge in [0, 0.05) is 17.1 Å². The number of aliphatic hydroxyl groups is 1. The molecule has 7 heteroatoms. The lowest BCUT2D eigenvalue weighted by molar-refractivity contribution is -0.105. The molecule has 2 N–H and O–H groups in total. The quantitative estimate of drug-likeness (QED) is 0.440. The third-order valence-electron chi connectivity index (χ3n) is 5.64. The summed E-state index contributed by atoms with van der Waals surface area (Å²) in [4.78, 5) is 15.5. The van der Waals surface area contributed by atoms with E-state index in [9.17, 15) is 14.3 Å². The zero-order valence-corrected chi connectivity index (χ0v) is 16.7. The Hall–Kier alpha value is -3.58. The zero-order valence-electron chi connectivity index (χ0n) is 16.7. The van der Waals surface area contributed by atoms with Gasteiger partial charge in [-0.2, -0.15) is 5.10 Å². The molecule has 1 aliphatic rings. The number of aliphatic hydroxyl groups excluding tert-OH is 1. The van der Waals surface area contributed by atoms with Crippen LogP contribution in [0, 0.1) is 11.7 Å². The molecule has 2 aromatic heterocycles. The minimum atomic E-state index is -0.442. The fourth-order valence-electron chi connectivity index (χ4n) is 3.86. The molecule has 1 aliphatic carbocycles. The van der Waals surface area contributed by atoms with Crippen molar-refractivity contribution in [2.24, 2.45) is 5.92 Å². The van der Waals surface area contributed by atoms with Crippen molar-refractivity contribution < 1.29 is 14.3 Å². The highest BCUT2D eigenvalue weighted by atomic mass is 19.1. The number of nitrogens with one attached hydrogen (secondary N) is 1. The second kappa shape index (κ2) is 7.92. The van der Waals surface area contributed by atoms with E-state index in [2.05, 4.69) is 15.4 Å². The van der Waals surface area contributed by atoms with Gasteiger partial charge in [-0.05, 0) is 59.7 Å². The molecular weight excluding hydrogens is 395 g/mol. The van der Waals surface area contributed by atoms with Gasteiger partial charge in [0.15, 0.2) is 0 Å². The monoisotopic (exact) mass is 416 g/mol. The molecule has 1 atom stereocenters. The van der Waals surface area contributed by atoms with Crippen LogP contribution < -0.4 is 5.32 Å². The summed E-state index contributed by atoms with van der Waals surface area (Å²) in [5.74, 6) is 0.477. The molecule has 2 heterocycles. The lowest BCUT2D eigenvalue weighted by Gasteiger charge is -2.11. The minimum absolute atomic E-state index is 0.305. The van der Waals surface area contributed by atoms with Crippen molar-refractivity contribution in [1.29, 1.82) is 0 Å². The Labute approximate surface area is 178 Å². The molecule has 1 saturated carbocycles. The van der Waals surface area contributed by atoms with Crippen molar-refractivity contribution >= 4 is 23.1 Å². The second-order valence-corrected chi connectivity index (χ2v) is 7.93. The van der Waals surface area contributed by atoms with Crippen LogP contribution in [-0.2, 0) is 11.3 Å². The average molecular weight is 416 g/mol. The number of hydrogen-bond acceptors (Lipinski definition) is 4. The summed E-state index contributed by atoms with van der Waals surface area (Å²) in [6.07, 6.45) is 5.88. The van der Waals surface area contributed by atoms with Gasteiger partial charge in [0.2, 0.25) is 6.41 Å². The summed E-state index contributed by atoms with van der Waals surface area (Å²) in [6, 6.07) is 14.0. The molecule has 5 rings (SSSR count). The van der Waals surface area contributed by atoms with Crippen molar-refractivity contribution in [2.75, 3.05) is 5.32 Å². The predicted octanol–water partition coefficient (Wildman–Crippen LogP) is 4.30. The summed E-state index contributed by atoms with van der Waals surface area (Å²) in [7, 11) is 0. The molecule has 0 spiro atoms. The summed E-state index contributed by atoms with van der Waals surface area (Å²) in [5, 5.41) is 18.2. The lowest BCUT2D eigenvalue weighted by atomic mass is 9.99. The number of aromatic nitrogens is 3. The van der Waals surface area contributed by atoms with Gasteiger partial charge in [0.05, 0.1) is 24.4 Å². The maximum atomic E-state index is 13.4. The molecule has 2 aromatic carbocycles. The number of amides is 1. The highest BCUT2D eigenvalue weighted by Gasteiger charge is 2.31. The summed E-state index contributed by atoms with van der Waals surface area (Å²) < 4.78 is 15.2. The van der Waals surface area contributed by atoms with Crippen LogP contribution in [0.5, 0.6) is 0 Å². The number of anilines is 1. The number of benzene rings is 2. The normalized spacial score (nSPS) is 14.5. The molecular formula is C24H21FN4O2. The zero-order chi connectivity index (χ0) is 21.4. The lowest BCUT2D eigenvalue weighted by Crippen LogP contribution is -2.02. The fourth-order valence-corrected chi connectivity index (χ4v) is 3.86. The Balaban J connectivity index is 1.49. The van der Waals surface area contributed by atoms with Gasteiger partial charge >= 0.3 is 0 Å². The number of fused-ring (bicyclic) bond motifs is 1. The van der Waals surface area contributed by atoms with E-state index in [4.69, 9.17) is 0 Å². The Kier molecular flexibility index (Phi) is 4.95. The summed E-state index contributed by atoms with van der Waals surface area (Å²) in [6.45, 7) is 0.534. The van der Waals surface area contributed by atoms with Gasteiger partial charge in [0.1, 0.15) is 11.6 Å². The summed E-state index contributed by atoms with van der Waals surface area (Å²) >= 11 is 0. The van der Waals surface area contributed by atoms with E-state index in [0.717, 1.165) is 40.5 Å². The van der Waals surface area contributed by atoms with Crippen LogP contribution in [0.1, 0.15) is 30.1 Å². The van der Waals surface area contributed by atoms with Crippen LogP contribution in [0.15, 0.2) is 60.9 Å². The highest BCUT2D eigenvalue weighted by molar-refractivity contribution is 5.97. The summed E-state index contributed by atoms with van der Waals surface area (Å²) in [5.41, 5.74) is 4.24. The SMILES string of the molecule is O=CNc1cc(-c2ccc(F)cc2)c2ccc(Cn3cc(C(O)C4CC4)cn3)cc2n1. The van der Waals surface area contributed by atoms with Crippen molar-refractivity contribution in [3.05, 3.63) is 77.9 Å². The maximum Gasteiger partial charge on any atom is 0.212 e. The van der Waals surface area contributed by atoms with Crippen molar-refractivity contribution in [3.63, 3.8) is 0 Å². The molecule has 4 aromatic rings. The maximum absolute atomic E-state index is 13.4. The highest BCUT2D eigenvalue weighted by Crippen LogP contribution is 2.40. The largest absolute Gasteiger partial charge is 0.388 e. The molecule has 1 amide bonds. The Morgan fingerprint density at radius 3 is 2.74 bits per heavy atom. The van der Waals surface area contributed by atoms with Gasteiger partial charge < -0.3 is 10.4 Å². The molecule has 1 unspecified atom stereocenters. The smallest absolute Gasteiger partial charge is 0.212 e. The van der Waals surface area contributed by atoms with Crippen molar-refractivity contribution in [1.82, 2.24) is 14.8 Å². The molecule has 0 aliphatic heterocycles. The molecule has 6 nitrogen and oxygen atoms in total. The van der Waals surface area contributed by atoms with E-state index in [1.165, 1.54) is 12.1 Å². The van der Waals surface area contributed by atoms with Crippen molar-refractivity contribution in [3.8, 4) is 11.1 Å². The first kappa shape index (κ1) is 19.4. The number of hydrogen-bond donors (Lipinski definition) is 2. The molecule has 31 heavy (non-hydrogen) atoms. The molecule has 1 fully saturated rings. The first-order valence-electron chi connectivity index (χ1n) is 10.2. The first-order chi connectivity index (χ1) is 15.1. The van der Waals surface area contributed by atoms with Crippen LogP contribution in [-0.4, -0.2) is 26.3 Å². The van der Waals surface area contributed by atoms with Crippen LogP contribution in [0.2, 0.25) is 0 Å². The third kappa shape index (κ3) is 4.04. The van der Waals surface area contributed by atoms with Gasteiger partial charge in [-0.1, -0.05) is 24.3 Å². The van der Waals surface area contributed by atoms with Crippen LogP contribution in [0.3, 0.4) is 0 Å². The minimum Gasteiger partial charge on any atom is -0.388 e. The van der Waals surface area contributed by atoms with E-state index in [-0.39, 0.29) is 5.82 Å². The van der Waals surface area contributed by atoms with Gasteiger partial charge in [-0.3, -0.25) is 9.48 Å². The van der Waals surface area contributed by atoms with Crippen molar-refractivity contribution in [2.45, 2.75) is 25.5 Å². The average Bonchev–Trinajstić information content (AvgIpc) is 3.52.